The lowest BCUT2D eigenvalue weighted by Crippen LogP contribution is -1.98. The molecule has 44 heavy (non-hydrogen) atoms. The molecule has 0 bridgehead atoms. The van der Waals surface area contributed by atoms with Crippen LogP contribution in [0.2, 0.25) is 0 Å². The van der Waals surface area contributed by atoms with Crippen molar-refractivity contribution >= 4 is 55.6 Å². The lowest BCUT2D eigenvalue weighted by molar-refractivity contribution is 0.620. The zero-order chi connectivity index (χ0) is 29.0. The molecule has 4 nitrogen and oxygen atoms in total. The van der Waals surface area contributed by atoms with Gasteiger partial charge >= 0.3 is 0 Å². The molecule has 5 heterocycles. The van der Waals surface area contributed by atoms with Gasteiger partial charge in [0.15, 0.2) is 5.58 Å². The van der Waals surface area contributed by atoms with Gasteiger partial charge in [-0.1, -0.05) is 54.6 Å². The number of benzene rings is 4. The van der Waals surface area contributed by atoms with Crippen LogP contribution in [-0.4, -0.2) is 14.5 Å². The number of hydrogen-bond acceptors (Lipinski definition) is 5. The smallest absolute Gasteiger partial charge is 0.227 e. The molecule has 0 spiro atoms. The number of thiophene rings is 2. The Balaban J connectivity index is 1.36. The monoisotopic (exact) mass is 601 g/mol. The third kappa shape index (κ3) is 4.11. The van der Waals surface area contributed by atoms with Crippen LogP contribution in [0.3, 0.4) is 0 Å². The average molecular weight is 602 g/mol. The van der Waals surface area contributed by atoms with Crippen molar-refractivity contribution in [2.45, 2.75) is 0 Å². The maximum Gasteiger partial charge on any atom is 0.227 e. The van der Waals surface area contributed by atoms with Crippen LogP contribution in [0.4, 0.5) is 0 Å². The van der Waals surface area contributed by atoms with Gasteiger partial charge in [-0.25, -0.2) is 4.98 Å². The number of nitrogens with zero attached hydrogens (tertiary/aromatic N) is 3. The molecule has 0 atom stereocenters. The van der Waals surface area contributed by atoms with Crippen molar-refractivity contribution in [3.05, 3.63) is 138 Å². The van der Waals surface area contributed by atoms with E-state index < -0.39 is 0 Å². The molecule has 9 aromatic rings. The molecule has 4 aromatic carbocycles. The zero-order valence-electron chi connectivity index (χ0n) is 23.3. The quantitative estimate of drug-likeness (QED) is 0.197. The second-order valence-electron chi connectivity index (χ2n) is 10.7. The molecule has 208 valence electrons. The molecule has 0 saturated heterocycles. The highest BCUT2D eigenvalue weighted by Gasteiger charge is 2.20. The van der Waals surface area contributed by atoms with Crippen molar-refractivity contribution in [1.82, 2.24) is 14.5 Å². The molecule has 0 aliphatic carbocycles. The predicted octanol–water partition coefficient (Wildman–Crippen LogP) is 11.1. The van der Waals surface area contributed by atoms with E-state index in [2.05, 4.69) is 105 Å². The summed E-state index contributed by atoms with van der Waals surface area (Å²) in [5, 5.41) is 6.65. The Bertz CT molecular complexity index is 2400. The first-order chi connectivity index (χ1) is 21.8. The SMILES string of the molecule is c1ccc(-c2ccc(-c3cccs3)c(-n3c4ccc(-c5cccs5)cc4c4ccc(-c5nc6ccccc6o5)cc43)c2)nc1. The summed E-state index contributed by atoms with van der Waals surface area (Å²) in [4.78, 5) is 12.0. The lowest BCUT2D eigenvalue weighted by atomic mass is 10.0. The van der Waals surface area contributed by atoms with Gasteiger partial charge in [-0.15, -0.1) is 22.7 Å². The highest BCUT2D eigenvalue weighted by atomic mass is 32.1. The minimum atomic E-state index is 0.616. The number of aromatic nitrogens is 3. The summed E-state index contributed by atoms with van der Waals surface area (Å²) in [5.74, 6) is 0.616. The molecule has 0 radical (unpaired) electrons. The summed E-state index contributed by atoms with van der Waals surface area (Å²) in [5.41, 5.74) is 10.3. The van der Waals surface area contributed by atoms with Gasteiger partial charge in [0.05, 0.1) is 22.4 Å². The average Bonchev–Trinajstić information content (AvgIpc) is 3.90. The third-order valence-corrected chi connectivity index (χ3v) is 9.92. The molecule has 6 heteroatoms. The molecule has 9 rings (SSSR count). The van der Waals surface area contributed by atoms with Crippen LogP contribution in [-0.2, 0) is 0 Å². The van der Waals surface area contributed by atoms with Crippen molar-refractivity contribution in [3.8, 4) is 49.3 Å². The van der Waals surface area contributed by atoms with Gasteiger partial charge in [0.1, 0.15) is 5.52 Å². The Morgan fingerprint density at radius 2 is 1.41 bits per heavy atom. The first-order valence-corrected chi connectivity index (χ1v) is 16.1. The maximum atomic E-state index is 6.22. The van der Waals surface area contributed by atoms with Gasteiger partial charge in [-0.3, -0.25) is 4.98 Å². The van der Waals surface area contributed by atoms with E-state index in [1.165, 1.54) is 31.7 Å². The molecular weight excluding hydrogens is 579 g/mol. The standard InChI is InChI=1S/C38H23N3OS2/c1-2-9-35-31(8-1)40-38(42-35)26-13-15-27-29-21-25(36-10-5-19-43-36)14-17-32(29)41(33(27)23-26)34-22-24(30-7-3-4-18-39-30)12-16-28(34)37-11-6-20-44-37/h1-23H. The largest absolute Gasteiger partial charge is 0.436 e. The highest BCUT2D eigenvalue weighted by molar-refractivity contribution is 7.13. The summed E-state index contributed by atoms with van der Waals surface area (Å²) >= 11 is 3.51. The molecule has 0 amide bonds. The summed E-state index contributed by atoms with van der Waals surface area (Å²) in [6.45, 7) is 0. The van der Waals surface area contributed by atoms with Crippen molar-refractivity contribution in [2.75, 3.05) is 0 Å². The van der Waals surface area contributed by atoms with Crippen LogP contribution in [0.1, 0.15) is 0 Å². The molecule has 0 N–H and O–H groups in total. The summed E-state index contributed by atoms with van der Waals surface area (Å²) in [6.07, 6.45) is 1.85. The zero-order valence-corrected chi connectivity index (χ0v) is 25.0. The Morgan fingerprint density at radius 3 is 2.23 bits per heavy atom. The molecule has 0 aliphatic rings. The van der Waals surface area contributed by atoms with Crippen LogP contribution in [0.5, 0.6) is 0 Å². The van der Waals surface area contributed by atoms with Gasteiger partial charge in [0, 0.05) is 43.4 Å². The fraction of sp³-hybridized carbons (Fsp3) is 0. The van der Waals surface area contributed by atoms with Gasteiger partial charge in [-0.2, -0.15) is 0 Å². The Morgan fingerprint density at radius 1 is 0.591 bits per heavy atom. The number of pyridine rings is 1. The van der Waals surface area contributed by atoms with Gasteiger partial charge in [0.25, 0.3) is 0 Å². The molecule has 0 aliphatic heterocycles. The summed E-state index contributed by atoms with van der Waals surface area (Å²) in [6, 6.07) is 42.6. The first kappa shape index (κ1) is 25.2. The van der Waals surface area contributed by atoms with Gasteiger partial charge < -0.3 is 8.98 Å². The topological polar surface area (TPSA) is 43.9 Å². The van der Waals surface area contributed by atoms with Crippen molar-refractivity contribution in [2.24, 2.45) is 0 Å². The van der Waals surface area contributed by atoms with Crippen LogP contribution in [0.25, 0.3) is 82.2 Å². The Kier molecular flexibility index (Phi) is 5.82. The minimum absolute atomic E-state index is 0.616. The van der Waals surface area contributed by atoms with Gasteiger partial charge in [0.2, 0.25) is 5.89 Å². The highest BCUT2D eigenvalue weighted by Crippen LogP contribution is 2.42. The number of hydrogen-bond donors (Lipinski definition) is 0. The van der Waals surface area contributed by atoms with E-state index in [0.29, 0.717) is 5.89 Å². The van der Waals surface area contributed by atoms with E-state index in [4.69, 9.17) is 9.40 Å². The normalized spacial score (nSPS) is 11.6. The fourth-order valence-electron chi connectivity index (χ4n) is 6.05. The van der Waals surface area contributed by atoms with E-state index >= 15 is 0 Å². The number of para-hydroxylation sites is 2. The molecule has 0 saturated carbocycles. The van der Waals surface area contributed by atoms with Crippen LogP contribution >= 0.6 is 22.7 Å². The molecular formula is C38H23N3OS2. The molecule has 5 aromatic heterocycles. The number of fused-ring (bicyclic) bond motifs is 4. The number of rotatable bonds is 5. The lowest BCUT2D eigenvalue weighted by Gasteiger charge is -2.15. The Hall–Kier alpha value is -5.30. The molecule has 0 unspecified atom stereocenters. The van der Waals surface area contributed by atoms with Crippen LogP contribution in [0, 0.1) is 0 Å². The van der Waals surface area contributed by atoms with Crippen molar-refractivity contribution in [3.63, 3.8) is 0 Å². The Labute approximate surface area is 261 Å². The van der Waals surface area contributed by atoms with Crippen LogP contribution < -0.4 is 0 Å². The predicted molar refractivity (Wildman–Crippen MR) is 184 cm³/mol. The first-order valence-electron chi connectivity index (χ1n) is 14.4. The second-order valence-corrected chi connectivity index (χ2v) is 12.6. The third-order valence-electron chi connectivity index (χ3n) is 8.10. The maximum absolute atomic E-state index is 6.22. The van der Waals surface area contributed by atoms with E-state index in [1.807, 2.05) is 42.6 Å². The van der Waals surface area contributed by atoms with E-state index in [1.54, 1.807) is 22.7 Å². The molecule has 0 fully saturated rings. The van der Waals surface area contributed by atoms with E-state index in [-0.39, 0.29) is 0 Å². The fourth-order valence-corrected chi connectivity index (χ4v) is 7.54. The van der Waals surface area contributed by atoms with Crippen LogP contribution in [0.15, 0.2) is 143 Å². The summed E-state index contributed by atoms with van der Waals surface area (Å²) in [7, 11) is 0. The summed E-state index contributed by atoms with van der Waals surface area (Å²) < 4.78 is 8.62. The van der Waals surface area contributed by atoms with E-state index in [9.17, 15) is 0 Å². The minimum Gasteiger partial charge on any atom is -0.436 e. The van der Waals surface area contributed by atoms with E-state index in [0.717, 1.165) is 44.6 Å². The van der Waals surface area contributed by atoms with Crippen molar-refractivity contribution in [1.29, 1.82) is 0 Å². The number of oxazole rings is 1. The van der Waals surface area contributed by atoms with Crippen molar-refractivity contribution < 1.29 is 4.42 Å². The van der Waals surface area contributed by atoms with Gasteiger partial charge in [-0.05, 0) is 83.1 Å². The second kappa shape index (κ2) is 10.2.